The van der Waals surface area contributed by atoms with Crippen LogP contribution in [0.1, 0.15) is 24.2 Å². The average molecular weight is 464 g/mol. The molecule has 0 radical (unpaired) electrons. The summed E-state index contributed by atoms with van der Waals surface area (Å²) in [6, 6.07) is 13.8. The topological polar surface area (TPSA) is 64.6 Å². The summed E-state index contributed by atoms with van der Waals surface area (Å²) in [5.41, 5.74) is 0.509. The largest absolute Gasteiger partial charge is 0.478 e. The first-order valence-electron chi connectivity index (χ1n) is 8.93. The lowest BCUT2D eigenvalue weighted by Gasteiger charge is -2.25. The van der Waals surface area contributed by atoms with Crippen LogP contribution in [-0.4, -0.2) is 24.6 Å². The number of hydrogen-bond donors (Lipinski definition) is 1. The van der Waals surface area contributed by atoms with Gasteiger partial charge < -0.3 is 14.8 Å². The number of methoxy groups -OCH3 is 1. The van der Waals surface area contributed by atoms with Crippen LogP contribution in [0.4, 0.5) is 5.00 Å². The first kappa shape index (κ1) is 22.2. The molecule has 0 aliphatic rings. The SMILES string of the molecule is COC(=O)c1c(-c2ccc(Cl)cc2)csc1NC(=O)C(C)(C)Oc1ccc(Cl)cc1. The van der Waals surface area contributed by atoms with Crippen LogP contribution in [0.25, 0.3) is 11.1 Å². The van der Waals surface area contributed by atoms with E-state index >= 15 is 0 Å². The number of anilines is 1. The maximum atomic E-state index is 12.9. The van der Waals surface area contributed by atoms with Gasteiger partial charge in [-0.25, -0.2) is 4.79 Å². The molecule has 0 aliphatic heterocycles. The monoisotopic (exact) mass is 463 g/mol. The van der Waals surface area contributed by atoms with Crippen LogP contribution in [0.5, 0.6) is 5.75 Å². The predicted octanol–water partition coefficient (Wildman–Crippen LogP) is 6.30. The zero-order valence-electron chi connectivity index (χ0n) is 16.5. The molecule has 0 atom stereocenters. The smallest absolute Gasteiger partial charge is 0.341 e. The Hall–Kier alpha value is -2.54. The fourth-order valence-electron chi connectivity index (χ4n) is 2.69. The third kappa shape index (κ3) is 4.95. The normalized spacial score (nSPS) is 11.1. The van der Waals surface area contributed by atoms with Crippen LogP contribution in [0, 0.1) is 0 Å². The van der Waals surface area contributed by atoms with E-state index in [1.165, 1.54) is 18.4 Å². The Labute approximate surface area is 188 Å². The molecule has 1 aromatic heterocycles. The number of halogens is 2. The Morgan fingerprint density at radius 2 is 1.53 bits per heavy atom. The zero-order chi connectivity index (χ0) is 21.9. The number of carbonyl (C=O) groups is 2. The summed E-state index contributed by atoms with van der Waals surface area (Å²) in [4.78, 5) is 25.4. The molecule has 0 spiro atoms. The Kier molecular flexibility index (Phi) is 6.71. The van der Waals surface area contributed by atoms with E-state index in [0.717, 1.165) is 5.56 Å². The zero-order valence-corrected chi connectivity index (χ0v) is 18.8. The summed E-state index contributed by atoms with van der Waals surface area (Å²) in [5.74, 6) is -0.458. The van der Waals surface area contributed by atoms with Crippen molar-refractivity contribution in [3.63, 3.8) is 0 Å². The summed E-state index contributed by atoms with van der Waals surface area (Å²) in [6.07, 6.45) is 0. The van der Waals surface area contributed by atoms with Crippen LogP contribution >= 0.6 is 34.5 Å². The third-order valence-corrected chi connectivity index (χ3v) is 5.70. The molecular weight excluding hydrogens is 445 g/mol. The van der Waals surface area contributed by atoms with Gasteiger partial charge in [0.2, 0.25) is 0 Å². The summed E-state index contributed by atoms with van der Waals surface area (Å²) in [5, 5.41) is 6.13. The van der Waals surface area contributed by atoms with Crippen molar-refractivity contribution in [1.29, 1.82) is 0 Å². The first-order chi connectivity index (χ1) is 14.2. The number of amides is 1. The summed E-state index contributed by atoms with van der Waals surface area (Å²) < 4.78 is 10.8. The molecule has 3 rings (SSSR count). The number of hydrogen-bond acceptors (Lipinski definition) is 5. The summed E-state index contributed by atoms with van der Waals surface area (Å²) in [7, 11) is 1.30. The van der Waals surface area contributed by atoms with Crippen molar-refractivity contribution in [2.75, 3.05) is 12.4 Å². The lowest BCUT2D eigenvalue weighted by Crippen LogP contribution is -2.42. The standard InChI is InChI=1S/C22H19Cl2NO4S/c1-22(2,29-16-10-8-15(24)9-11-16)21(27)25-19-18(20(26)28-3)17(12-30-19)13-4-6-14(23)7-5-13/h4-12H,1-3H3,(H,25,27). The van der Waals surface area contributed by atoms with E-state index in [2.05, 4.69) is 5.32 Å². The lowest BCUT2D eigenvalue weighted by atomic mass is 10.0. The maximum Gasteiger partial charge on any atom is 0.341 e. The lowest BCUT2D eigenvalue weighted by molar-refractivity contribution is -0.128. The van der Waals surface area contributed by atoms with Crippen molar-refractivity contribution in [2.24, 2.45) is 0 Å². The van der Waals surface area contributed by atoms with E-state index in [9.17, 15) is 9.59 Å². The minimum atomic E-state index is -1.20. The molecule has 0 aliphatic carbocycles. The van der Waals surface area contributed by atoms with Gasteiger partial charge in [-0.1, -0.05) is 35.3 Å². The minimum absolute atomic E-state index is 0.278. The van der Waals surface area contributed by atoms with E-state index < -0.39 is 17.5 Å². The number of benzene rings is 2. The number of nitrogens with one attached hydrogen (secondary N) is 1. The van der Waals surface area contributed by atoms with Gasteiger partial charge in [-0.2, -0.15) is 0 Å². The van der Waals surface area contributed by atoms with Gasteiger partial charge in [0.25, 0.3) is 5.91 Å². The molecule has 0 fully saturated rings. The molecule has 0 unspecified atom stereocenters. The second kappa shape index (κ2) is 9.08. The highest BCUT2D eigenvalue weighted by Gasteiger charge is 2.32. The Bertz CT molecular complexity index is 1060. The molecule has 30 heavy (non-hydrogen) atoms. The van der Waals surface area contributed by atoms with Gasteiger partial charge in [0.05, 0.1) is 7.11 Å². The van der Waals surface area contributed by atoms with Crippen LogP contribution in [-0.2, 0) is 9.53 Å². The van der Waals surface area contributed by atoms with Crippen LogP contribution in [0.15, 0.2) is 53.9 Å². The number of ether oxygens (including phenoxy) is 2. The molecule has 1 amide bonds. The van der Waals surface area contributed by atoms with E-state index in [1.807, 2.05) is 0 Å². The van der Waals surface area contributed by atoms with Gasteiger partial charge in [-0.05, 0) is 55.8 Å². The highest BCUT2D eigenvalue weighted by molar-refractivity contribution is 7.15. The molecule has 0 saturated carbocycles. The number of esters is 1. The van der Waals surface area contributed by atoms with E-state index in [1.54, 1.807) is 67.8 Å². The van der Waals surface area contributed by atoms with Crippen molar-refractivity contribution in [3.05, 3.63) is 69.5 Å². The molecule has 2 aromatic carbocycles. The molecule has 0 saturated heterocycles. The second-order valence-electron chi connectivity index (χ2n) is 6.87. The fraction of sp³-hybridized carbons (Fsp3) is 0.182. The van der Waals surface area contributed by atoms with E-state index in [-0.39, 0.29) is 5.56 Å². The Morgan fingerprint density at radius 1 is 0.967 bits per heavy atom. The van der Waals surface area contributed by atoms with Crippen LogP contribution in [0.3, 0.4) is 0 Å². The molecular formula is C22H19Cl2NO4S. The van der Waals surface area contributed by atoms with Crippen molar-refractivity contribution in [1.82, 2.24) is 0 Å². The van der Waals surface area contributed by atoms with Gasteiger partial charge in [0.1, 0.15) is 16.3 Å². The number of thiophene rings is 1. The van der Waals surface area contributed by atoms with Crippen molar-refractivity contribution < 1.29 is 19.1 Å². The summed E-state index contributed by atoms with van der Waals surface area (Å²) >= 11 is 13.1. The van der Waals surface area contributed by atoms with Gasteiger partial charge in [0.15, 0.2) is 5.60 Å². The van der Waals surface area contributed by atoms with Crippen LogP contribution < -0.4 is 10.1 Å². The molecule has 3 aromatic rings. The molecule has 0 bridgehead atoms. The quantitative estimate of drug-likeness (QED) is 0.435. The summed E-state index contributed by atoms with van der Waals surface area (Å²) in [6.45, 7) is 3.28. The molecule has 5 nitrogen and oxygen atoms in total. The molecule has 156 valence electrons. The third-order valence-electron chi connectivity index (χ3n) is 4.30. The van der Waals surface area contributed by atoms with Crippen molar-refractivity contribution >= 4 is 51.4 Å². The highest BCUT2D eigenvalue weighted by Crippen LogP contribution is 2.37. The second-order valence-corrected chi connectivity index (χ2v) is 8.62. The highest BCUT2D eigenvalue weighted by atomic mass is 35.5. The first-order valence-corrected chi connectivity index (χ1v) is 10.6. The number of rotatable bonds is 6. The average Bonchev–Trinajstić information content (AvgIpc) is 3.13. The van der Waals surface area contributed by atoms with Gasteiger partial charge in [0, 0.05) is 21.0 Å². The fourth-order valence-corrected chi connectivity index (χ4v) is 3.90. The van der Waals surface area contributed by atoms with Crippen LogP contribution in [0.2, 0.25) is 10.0 Å². The molecule has 1 heterocycles. The number of carbonyl (C=O) groups excluding carboxylic acids is 2. The molecule has 8 heteroatoms. The van der Waals surface area contributed by atoms with E-state index in [0.29, 0.717) is 26.4 Å². The van der Waals surface area contributed by atoms with Gasteiger partial charge in [-0.15, -0.1) is 11.3 Å². The Morgan fingerprint density at radius 3 is 2.10 bits per heavy atom. The van der Waals surface area contributed by atoms with Crippen molar-refractivity contribution in [2.45, 2.75) is 19.4 Å². The molecule has 1 N–H and O–H groups in total. The van der Waals surface area contributed by atoms with Gasteiger partial charge >= 0.3 is 5.97 Å². The Balaban J connectivity index is 1.87. The van der Waals surface area contributed by atoms with Gasteiger partial charge in [-0.3, -0.25) is 4.79 Å². The van der Waals surface area contributed by atoms with Crippen molar-refractivity contribution in [3.8, 4) is 16.9 Å². The minimum Gasteiger partial charge on any atom is -0.478 e. The van der Waals surface area contributed by atoms with E-state index in [4.69, 9.17) is 32.7 Å². The maximum absolute atomic E-state index is 12.9. The predicted molar refractivity (Wildman–Crippen MR) is 121 cm³/mol.